The van der Waals surface area contributed by atoms with Crippen molar-refractivity contribution in [3.63, 3.8) is 0 Å². The van der Waals surface area contributed by atoms with Gasteiger partial charge in [0.1, 0.15) is 0 Å². The van der Waals surface area contributed by atoms with Crippen LogP contribution < -0.4 is 5.32 Å². The molecule has 1 unspecified atom stereocenters. The lowest BCUT2D eigenvalue weighted by atomic mass is 10.0. The summed E-state index contributed by atoms with van der Waals surface area (Å²) in [7, 11) is 1.97. The molecule has 1 aromatic heterocycles. The van der Waals surface area contributed by atoms with Crippen molar-refractivity contribution >= 4 is 22.6 Å². The van der Waals surface area contributed by atoms with Gasteiger partial charge in [-0.25, -0.2) is 0 Å². The second-order valence-electron chi connectivity index (χ2n) is 3.56. The fourth-order valence-electron chi connectivity index (χ4n) is 1.76. The van der Waals surface area contributed by atoms with Gasteiger partial charge in [0.2, 0.25) is 0 Å². The van der Waals surface area contributed by atoms with Gasteiger partial charge in [-0.1, -0.05) is 18.2 Å². The average molecular weight is 324 g/mol. The molecule has 2 aromatic rings. The minimum Gasteiger partial charge on any atom is -0.309 e. The van der Waals surface area contributed by atoms with Gasteiger partial charge in [0.15, 0.2) is 0 Å². The number of pyridine rings is 1. The number of aromatic nitrogens is 1. The van der Waals surface area contributed by atoms with Crippen LogP contribution in [0, 0.1) is 3.57 Å². The van der Waals surface area contributed by atoms with E-state index in [1.165, 1.54) is 14.7 Å². The fraction of sp³-hybridized carbons (Fsp3) is 0.154. The van der Waals surface area contributed by atoms with Crippen molar-refractivity contribution in [3.8, 4) is 0 Å². The van der Waals surface area contributed by atoms with Crippen LogP contribution in [0.5, 0.6) is 0 Å². The zero-order valence-electron chi connectivity index (χ0n) is 9.02. The van der Waals surface area contributed by atoms with Gasteiger partial charge in [-0.3, -0.25) is 4.98 Å². The highest BCUT2D eigenvalue weighted by Crippen LogP contribution is 2.22. The summed E-state index contributed by atoms with van der Waals surface area (Å²) in [4.78, 5) is 4.16. The first-order valence-electron chi connectivity index (χ1n) is 5.14. The molecular weight excluding hydrogens is 311 g/mol. The van der Waals surface area contributed by atoms with Crippen molar-refractivity contribution in [1.29, 1.82) is 0 Å². The molecule has 1 heterocycles. The van der Waals surface area contributed by atoms with Gasteiger partial charge >= 0.3 is 0 Å². The number of benzene rings is 1. The Morgan fingerprint density at radius 1 is 1.19 bits per heavy atom. The number of rotatable bonds is 3. The Bertz CT molecular complexity index is 456. The van der Waals surface area contributed by atoms with Gasteiger partial charge in [-0.2, -0.15) is 0 Å². The normalized spacial score (nSPS) is 12.4. The Labute approximate surface area is 109 Å². The Morgan fingerprint density at radius 3 is 2.62 bits per heavy atom. The van der Waals surface area contributed by atoms with E-state index in [9.17, 15) is 0 Å². The standard InChI is InChI=1S/C13H13IN2/c1-15-13(11-5-3-7-16-9-11)10-4-2-6-12(14)8-10/h2-9,13,15H,1H3. The number of hydrogen-bond donors (Lipinski definition) is 1. The molecule has 0 spiro atoms. The predicted molar refractivity (Wildman–Crippen MR) is 74.3 cm³/mol. The van der Waals surface area contributed by atoms with Crippen LogP contribution in [0.1, 0.15) is 17.2 Å². The zero-order chi connectivity index (χ0) is 11.4. The summed E-state index contributed by atoms with van der Waals surface area (Å²) < 4.78 is 1.25. The smallest absolute Gasteiger partial charge is 0.0589 e. The van der Waals surface area contributed by atoms with Crippen molar-refractivity contribution in [2.75, 3.05) is 7.05 Å². The van der Waals surface area contributed by atoms with E-state index in [2.05, 4.69) is 63.2 Å². The molecule has 0 aliphatic carbocycles. The molecule has 2 nitrogen and oxygen atoms in total. The molecule has 1 atom stereocenters. The lowest BCUT2D eigenvalue weighted by Gasteiger charge is -2.16. The summed E-state index contributed by atoms with van der Waals surface area (Å²) in [5.41, 5.74) is 2.45. The molecule has 1 aromatic carbocycles. The molecule has 0 aliphatic rings. The van der Waals surface area contributed by atoms with E-state index in [1.54, 1.807) is 6.20 Å². The average Bonchev–Trinajstić information content (AvgIpc) is 2.31. The summed E-state index contributed by atoms with van der Waals surface area (Å²) in [5.74, 6) is 0. The lowest BCUT2D eigenvalue weighted by molar-refractivity contribution is 0.688. The van der Waals surface area contributed by atoms with Crippen molar-refractivity contribution in [2.24, 2.45) is 0 Å². The van der Waals surface area contributed by atoms with E-state index in [1.807, 2.05) is 19.3 Å². The first-order chi connectivity index (χ1) is 7.81. The topological polar surface area (TPSA) is 24.9 Å². The summed E-state index contributed by atoms with van der Waals surface area (Å²) in [5, 5.41) is 3.32. The maximum Gasteiger partial charge on any atom is 0.0589 e. The molecule has 0 amide bonds. The quantitative estimate of drug-likeness (QED) is 0.878. The van der Waals surface area contributed by atoms with Gasteiger partial charge in [0.25, 0.3) is 0 Å². The number of hydrogen-bond acceptors (Lipinski definition) is 2. The van der Waals surface area contributed by atoms with E-state index < -0.39 is 0 Å². The third kappa shape index (κ3) is 2.59. The Balaban J connectivity index is 2.37. The molecule has 2 rings (SSSR count). The van der Waals surface area contributed by atoms with Crippen LogP contribution in [-0.4, -0.2) is 12.0 Å². The van der Waals surface area contributed by atoms with E-state index in [0.717, 1.165) is 0 Å². The highest BCUT2D eigenvalue weighted by molar-refractivity contribution is 14.1. The van der Waals surface area contributed by atoms with E-state index in [-0.39, 0.29) is 6.04 Å². The molecule has 0 saturated heterocycles. The molecule has 16 heavy (non-hydrogen) atoms. The summed E-state index contributed by atoms with van der Waals surface area (Å²) in [6, 6.07) is 12.8. The third-order valence-corrected chi connectivity index (χ3v) is 3.16. The third-order valence-electron chi connectivity index (χ3n) is 2.49. The van der Waals surface area contributed by atoms with Crippen LogP contribution in [0.15, 0.2) is 48.8 Å². The van der Waals surface area contributed by atoms with Crippen LogP contribution in [0.4, 0.5) is 0 Å². The largest absolute Gasteiger partial charge is 0.309 e. The first-order valence-corrected chi connectivity index (χ1v) is 6.22. The minimum atomic E-state index is 0.211. The van der Waals surface area contributed by atoms with Crippen molar-refractivity contribution < 1.29 is 0 Å². The van der Waals surface area contributed by atoms with Crippen molar-refractivity contribution in [2.45, 2.75) is 6.04 Å². The highest BCUT2D eigenvalue weighted by atomic mass is 127. The van der Waals surface area contributed by atoms with Gasteiger partial charge in [0.05, 0.1) is 6.04 Å². The molecule has 0 saturated carbocycles. The monoisotopic (exact) mass is 324 g/mol. The Kier molecular flexibility index (Phi) is 3.90. The van der Waals surface area contributed by atoms with Crippen LogP contribution >= 0.6 is 22.6 Å². The van der Waals surface area contributed by atoms with Crippen molar-refractivity contribution in [1.82, 2.24) is 10.3 Å². The van der Waals surface area contributed by atoms with Gasteiger partial charge in [-0.15, -0.1) is 0 Å². The highest BCUT2D eigenvalue weighted by Gasteiger charge is 2.11. The fourth-order valence-corrected chi connectivity index (χ4v) is 2.33. The summed E-state index contributed by atoms with van der Waals surface area (Å²) >= 11 is 2.33. The number of nitrogens with one attached hydrogen (secondary N) is 1. The SMILES string of the molecule is CNC(c1cccnc1)c1cccc(I)c1. The van der Waals surface area contributed by atoms with Crippen molar-refractivity contribution in [3.05, 3.63) is 63.5 Å². The Hall–Kier alpha value is -0.940. The molecule has 0 radical (unpaired) electrons. The molecule has 0 aliphatic heterocycles. The molecule has 3 heteroatoms. The second kappa shape index (κ2) is 5.41. The van der Waals surface area contributed by atoms with Gasteiger partial charge < -0.3 is 5.32 Å². The zero-order valence-corrected chi connectivity index (χ0v) is 11.2. The molecule has 0 bridgehead atoms. The van der Waals surface area contributed by atoms with Crippen LogP contribution in [0.3, 0.4) is 0 Å². The maximum absolute atomic E-state index is 4.16. The second-order valence-corrected chi connectivity index (χ2v) is 4.81. The van der Waals surface area contributed by atoms with Crippen LogP contribution in [0.25, 0.3) is 0 Å². The molecule has 1 N–H and O–H groups in total. The van der Waals surface area contributed by atoms with Gasteiger partial charge in [0, 0.05) is 16.0 Å². The Morgan fingerprint density at radius 2 is 2.00 bits per heavy atom. The number of nitrogens with zero attached hydrogens (tertiary/aromatic N) is 1. The summed E-state index contributed by atoms with van der Waals surface area (Å²) in [6.07, 6.45) is 3.70. The number of halogens is 1. The lowest BCUT2D eigenvalue weighted by Crippen LogP contribution is -2.17. The molecule has 0 fully saturated rings. The van der Waals surface area contributed by atoms with Gasteiger partial charge in [-0.05, 0) is 59.0 Å². The first kappa shape index (κ1) is 11.5. The maximum atomic E-state index is 4.16. The predicted octanol–water partition coefficient (Wildman–Crippen LogP) is 3.00. The molecule has 82 valence electrons. The van der Waals surface area contributed by atoms with Crippen LogP contribution in [0.2, 0.25) is 0 Å². The minimum absolute atomic E-state index is 0.211. The summed E-state index contributed by atoms with van der Waals surface area (Å²) in [6.45, 7) is 0. The van der Waals surface area contributed by atoms with Crippen LogP contribution in [-0.2, 0) is 0 Å². The van der Waals surface area contributed by atoms with E-state index in [4.69, 9.17) is 0 Å². The van der Waals surface area contributed by atoms with E-state index >= 15 is 0 Å². The molecular formula is C13H13IN2. The van der Waals surface area contributed by atoms with E-state index in [0.29, 0.717) is 0 Å².